The van der Waals surface area contributed by atoms with Gasteiger partial charge in [0.2, 0.25) is 0 Å². The summed E-state index contributed by atoms with van der Waals surface area (Å²) in [4.78, 5) is 14.8. The van der Waals surface area contributed by atoms with Crippen molar-refractivity contribution >= 4 is 17.5 Å². The Bertz CT molecular complexity index is 472. The van der Waals surface area contributed by atoms with Crippen molar-refractivity contribution in [2.24, 2.45) is 0 Å². The normalized spacial score (nSPS) is 23.4. The van der Waals surface area contributed by atoms with E-state index in [1.165, 1.54) is 11.5 Å². The molecule has 0 saturated carbocycles. The molecule has 1 atom stereocenters. The van der Waals surface area contributed by atoms with E-state index >= 15 is 0 Å². The molecule has 0 aliphatic carbocycles. The van der Waals surface area contributed by atoms with Gasteiger partial charge in [-0.25, -0.2) is 4.79 Å². The van der Waals surface area contributed by atoms with E-state index in [0.29, 0.717) is 13.2 Å². The van der Waals surface area contributed by atoms with Crippen molar-refractivity contribution in [3.05, 3.63) is 11.1 Å². The van der Waals surface area contributed by atoms with Gasteiger partial charge in [0.15, 0.2) is 0 Å². The minimum Gasteiger partial charge on any atom is -0.459 e. The van der Waals surface area contributed by atoms with Crippen LogP contribution in [-0.2, 0) is 20.8 Å². The van der Waals surface area contributed by atoms with E-state index in [9.17, 15) is 4.79 Å². The maximum absolute atomic E-state index is 12.7. The standard InChI is InChI=1S/C14H23N3O3S/c1-13(2,3)20-12(18)14(10-19-4)6-5-7-17(14)8-11-9-21-16-15-11/h9H,5-8,10H2,1-4H3. The minimum atomic E-state index is -0.717. The molecule has 2 heterocycles. The molecule has 1 aromatic rings. The van der Waals surface area contributed by atoms with Crippen LogP contribution in [0.1, 0.15) is 39.3 Å². The van der Waals surface area contributed by atoms with Gasteiger partial charge in [-0.1, -0.05) is 4.49 Å². The molecule has 0 spiro atoms. The molecule has 1 aliphatic rings. The second-order valence-corrected chi connectivity index (χ2v) is 7.00. The largest absolute Gasteiger partial charge is 0.459 e. The first-order valence-electron chi connectivity index (χ1n) is 7.11. The van der Waals surface area contributed by atoms with Crippen LogP contribution in [0.4, 0.5) is 0 Å². The number of methoxy groups -OCH3 is 1. The number of nitrogens with zero attached hydrogens (tertiary/aromatic N) is 3. The highest BCUT2D eigenvalue weighted by atomic mass is 32.1. The summed E-state index contributed by atoms with van der Waals surface area (Å²) in [5.74, 6) is -0.211. The quantitative estimate of drug-likeness (QED) is 0.773. The van der Waals surface area contributed by atoms with Gasteiger partial charge < -0.3 is 9.47 Å². The van der Waals surface area contributed by atoms with Crippen LogP contribution >= 0.6 is 11.5 Å². The predicted octanol–water partition coefficient (Wildman–Crippen LogP) is 1.86. The summed E-state index contributed by atoms with van der Waals surface area (Å²) < 4.78 is 14.9. The highest BCUT2D eigenvalue weighted by molar-refractivity contribution is 7.03. The third-order valence-electron chi connectivity index (χ3n) is 3.54. The Kier molecular flexibility index (Phi) is 4.95. The van der Waals surface area contributed by atoms with Gasteiger partial charge >= 0.3 is 5.97 Å². The van der Waals surface area contributed by atoms with Crippen molar-refractivity contribution in [1.29, 1.82) is 0 Å². The molecular weight excluding hydrogens is 290 g/mol. The molecule has 21 heavy (non-hydrogen) atoms. The molecular formula is C14H23N3O3S. The molecule has 1 aromatic heterocycles. The zero-order chi connectivity index (χ0) is 15.5. The molecule has 1 unspecified atom stereocenters. The first-order valence-corrected chi connectivity index (χ1v) is 7.94. The van der Waals surface area contributed by atoms with E-state index in [0.717, 1.165) is 25.1 Å². The number of hydrogen-bond donors (Lipinski definition) is 0. The van der Waals surface area contributed by atoms with E-state index in [1.54, 1.807) is 7.11 Å². The highest BCUT2D eigenvalue weighted by Gasteiger charge is 2.50. The molecule has 1 fully saturated rings. The first-order chi connectivity index (χ1) is 9.87. The zero-order valence-electron chi connectivity index (χ0n) is 13.1. The molecule has 0 amide bonds. The Morgan fingerprint density at radius 2 is 2.29 bits per heavy atom. The Morgan fingerprint density at radius 3 is 2.86 bits per heavy atom. The maximum atomic E-state index is 12.7. The Hall–Kier alpha value is -1.05. The molecule has 2 rings (SSSR count). The summed E-state index contributed by atoms with van der Waals surface area (Å²) in [5.41, 5.74) is -0.342. The summed E-state index contributed by atoms with van der Waals surface area (Å²) in [6.07, 6.45) is 1.69. The van der Waals surface area contributed by atoms with Gasteiger partial charge in [0.1, 0.15) is 11.1 Å². The predicted molar refractivity (Wildman–Crippen MR) is 80.0 cm³/mol. The molecule has 1 aliphatic heterocycles. The van der Waals surface area contributed by atoms with Crippen LogP contribution in [0.25, 0.3) is 0 Å². The lowest BCUT2D eigenvalue weighted by Gasteiger charge is -2.37. The van der Waals surface area contributed by atoms with Crippen molar-refractivity contribution in [2.75, 3.05) is 20.3 Å². The third-order valence-corrected chi connectivity index (χ3v) is 4.10. The molecule has 0 radical (unpaired) electrons. The average Bonchev–Trinajstić information content (AvgIpc) is 2.99. The number of carbonyl (C=O) groups excluding carboxylic acids is 1. The number of rotatable bonds is 5. The fourth-order valence-electron chi connectivity index (χ4n) is 2.68. The molecule has 6 nitrogen and oxygen atoms in total. The van der Waals surface area contributed by atoms with Crippen molar-refractivity contribution in [2.45, 2.75) is 51.3 Å². The van der Waals surface area contributed by atoms with Crippen molar-refractivity contribution < 1.29 is 14.3 Å². The molecule has 1 saturated heterocycles. The van der Waals surface area contributed by atoms with E-state index < -0.39 is 11.1 Å². The summed E-state index contributed by atoms with van der Waals surface area (Å²) >= 11 is 1.32. The third kappa shape index (κ3) is 3.78. The smallest absolute Gasteiger partial charge is 0.329 e. The zero-order valence-corrected chi connectivity index (χ0v) is 13.9. The Labute approximate surface area is 129 Å². The fourth-order valence-corrected chi connectivity index (χ4v) is 3.12. The Morgan fingerprint density at radius 1 is 1.52 bits per heavy atom. The lowest BCUT2D eigenvalue weighted by Crippen LogP contribution is -2.55. The molecule has 0 bridgehead atoms. The number of ether oxygens (including phenoxy) is 2. The Balaban J connectivity index is 2.20. The number of carbonyl (C=O) groups is 1. The van der Waals surface area contributed by atoms with Crippen LogP contribution in [0.15, 0.2) is 5.38 Å². The SMILES string of the molecule is COCC1(C(=O)OC(C)(C)C)CCCN1Cc1csnn1. The van der Waals surface area contributed by atoms with Gasteiger partial charge in [-0.15, -0.1) is 5.10 Å². The number of hydrogen-bond acceptors (Lipinski definition) is 7. The second-order valence-electron chi connectivity index (χ2n) is 6.39. The molecule has 7 heteroatoms. The first kappa shape index (κ1) is 16.3. The average molecular weight is 313 g/mol. The fraction of sp³-hybridized carbons (Fsp3) is 0.786. The number of likely N-dealkylation sites (tertiary alicyclic amines) is 1. The van der Waals surface area contributed by atoms with E-state index in [1.807, 2.05) is 26.2 Å². The molecule has 0 aromatic carbocycles. The van der Waals surface area contributed by atoms with Crippen LogP contribution in [0, 0.1) is 0 Å². The van der Waals surface area contributed by atoms with E-state index in [2.05, 4.69) is 14.5 Å². The lowest BCUT2D eigenvalue weighted by molar-refractivity contribution is -0.172. The summed E-state index contributed by atoms with van der Waals surface area (Å²) in [6.45, 7) is 7.41. The van der Waals surface area contributed by atoms with Crippen LogP contribution in [0.3, 0.4) is 0 Å². The molecule has 118 valence electrons. The monoisotopic (exact) mass is 313 g/mol. The summed E-state index contributed by atoms with van der Waals surface area (Å²) in [7, 11) is 1.62. The van der Waals surface area contributed by atoms with Gasteiger partial charge in [0, 0.05) is 19.0 Å². The van der Waals surface area contributed by atoms with Crippen molar-refractivity contribution in [1.82, 2.24) is 14.5 Å². The van der Waals surface area contributed by atoms with Gasteiger partial charge in [0.05, 0.1) is 12.3 Å². The summed E-state index contributed by atoms with van der Waals surface area (Å²) in [5, 5.41) is 5.98. The topological polar surface area (TPSA) is 64.6 Å². The second kappa shape index (κ2) is 6.37. The maximum Gasteiger partial charge on any atom is 0.329 e. The van der Waals surface area contributed by atoms with E-state index in [4.69, 9.17) is 9.47 Å². The van der Waals surface area contributed by atoms with Crippen molar-refractivity contribution in [3.63, 3.8) is 0 Å². The van der Waals surface area contributed by atoms with Gasteiger partial charge in [-0.2, -0.15) is 0 Å². The van der Waals surface area contributed by atoms with Crippen molar-refractivity contribution in [3.8, 4) is 0 Å². The number of aromatic nitrogens is 2. The van der Waals surface area contributed by atoms with Crippen LogP contribution in [0.2, 0.25) is 0 Å². The lowest BCUT2D eigenvalue weighted by atomic mass is 9.96. The van der Waals surface area contributed by atoms with E-state index in [-0.39, 0.29) is 5.97 Å². The highest BCUT2D eigenvalue weighted by Crippen LogP contribution is 2.33. The minimum absolute atomic E-state index is 0.211. The van der Waals surface area contributed by atoms with Crippen LogP contribution in [0.5, 0.6) is 0 Å². The van der Waals surface area contributed by atoms with Gasteiger partial charge in [0.25, 0.3) is 0 Å². The molecule has 0 N–H and O–H groups in total. The van der Waals surface area contributed by atoms with Gasteiger partial charge in [-0.05, 0) is 51.7 Å². The number of esters is 1. The van der Waals surface area contributed by atoms with Gasteiger partial charge in [-0.3, -0.25) is 4.90 Å². The van der Waals surface area contributed by atoms with Crippen LogP contribution < -0.4 is 0 Å². The van der Waals surface area contributed by atoms with Crippen LogP contribution in [-0.4, -0.2) is 51.9 Å². The summed E-state index contributed by atoms with van der Waals surface area (Å²) in [6, 6.07) is 0.